The van der Waals surface area contributed by atoms with Gasteiger partial charge >= 0.3 is 12.1 Å². The van der Waals surface area contributed by atoms with Crippen molar-refractivity contribution in [2.45, 2.75) is 70.8 Å². The molecule has 0 aliphatic carbocycles. The predicted octanol–water partition coefficient (Wildman–Crippen LogP) is 6.99. The van der Waals surface area contributed by atoms with Gasteiger partial charge < -0.3 is 19.9 Å². The van der Waals surface area contributed by atoms with E-state index in [0.717, 1.165) is 49.2 Å². The van der Waals surface area contributed by atoms with Gasteiger partial charge in [0.25, 0.3) is 0 Å². The zero-order chi connectivity index (χ0) is 33.0. The first kappa shape index (κ1) is 34.3. The number of halogens is 5. The molecule has 46 heavy (non-hydrogen) atoms. The number of nitrogens with one attached hydrogen (secondary N) is 1. The monoisotopic (exact) mass is 683 g/mol. The molecule has 4 heterocycles. The van der Waals surface area contributed by atoms with Crippen LogP contribution in [0.1, 0.15) is 56.4 Å². The van der Waals surface area contributed by atoms with Gasteiger partial charge in [-0.15, -0.1) is 0 Å². The van der Waals surface area contributed by atoms with Crippen molar-refractivity contribution in [1.82, 2.24) is 24.8 Å². The number of hydrogen-bond donors (Lipinski definition) is 1. The fraction of sp³-hybridized carbons (Fsp3) is 0.548. The Labute approximate surface area is 274 Å². The molecule has 9 nitrogen and oxygen atoms in total. The van der Waals surface area contributed by atoms with Crippen molar-refractivity contribution in [3.63, 3.8) is 0 Å². The van der Waals surface area contributed by atoms with Crippen LogP contribution in [-0.4, -0.2) is 82.6 Å². The number of thiazole rings is 1. The zero-order valence-electron chi connectivity index (χ0n) is 26.0. The van der Waals surface area contributed by atoms with Crippen LogP contribution in [0.4, 0.5) is 34.3 Å². The summed E-state index contributed by atoms with van der Waals surface area (Å²) in [5, 5.41) is 3.22. The lowest BCUT2D eigenvalue weighted by atomic mass is 10.1. The highest BCUT2D eigenvalue weighted by Gasteiger charge is 2.33. The summed E-state index contributed by atoms with van der Waals surface area (Å²) in [5.74, 6) is -0.839. The normalized spacial score (nSPS) is 18.9. The van der Waals surface area contributed by atoms with Gasteiger partial charge in [-0.25, -0.2) is 15.0 Å². The standard InChI is InChI=1S/C31H38ClF4N7O2S/c1-4-22-7-6-10-42(22)17-24-27(19-13-20(31(34,35)36)15-21(32)14-19)39-30(46-24)40-28-26(33)29(38-18-37-28)43-12-8-23(16-43)41(3)11-9-25(44)45-5-2/h13-15,18,22-23H,4-12,16-17H2,1-3H3,(H,37,38,39,40)/t22-,23?/m1/s1. The number of nitrogens with zero attached hydrogens (tertiary/aromatic N) is 6. The number of carbonyl (C=O) groups excluding carboxylic acids is 1. The van der Waals surface area contributed by atoms with E-state index in [-0.39, 0.29) is 40.7 Å². The summed E-state index contributed by atoms with van der Waals surface area (Å²) in [6.45, 7) is 7.21. The van der Waals surface area contributed by atoms with Gasteiger partial charge in [-0.2, -0.15) is 17.6 Å². The van der Waals surface area contributed by atoms with Gasteiger partial charge in [0.05, 0.1) is 24.3 Å². The summed E-state index contributed by atoms with van der Waals surface area (Å²) >= 11 is 7.40. The van der Waals surface area contributed by atoms with Crippen molar-refractivity contribution in [2.75, 3.05) is 50.1 Å². The molecule has 0 bridgehead atoms. The van der Waals surface area contributed by atoms with Crippen LogP contribution in [0.15, 0.2) is 24.5 Å². The third-order valence-electron chi connectivity index (χ3n) is 8.57. The molecule has 1 N–H and O–H groups in total. The van der Waals surface area contributed by atoms with Gasteiger partial charge in [0.2, 0.25) is 5.82 Å². The molecule has 2 fully saturated rings. The molecular formula is C31H38ClF4N7O2S. The third kappa shape index (κ3) is 8.07. The largest absolute Gasteiger partial charge is 0.466 e. The third-order valence-corrected chi connectivity index (χ3v) is 9.74. The molecule has 2 aliphatic heterocycles. The Morgan fingerprint density at radius 2 is 2.00 bits per heavy atom. The minimum absolute atomic E-state index is 0.0483. The molecule has 3 aromatic rings. The lowest BCUT2D eigenvalue weighted by Crippen LogP contribution is -2.36. The van der Waals surface area contributed by atoms with E-state index in [2.05, 4.69) is 37.0 Å². The molecule has 0 radical (unpaired) electrons. The molecule has 15 heteroatoms. The SMILES string of the molecule is CCOC(=O)CCN(C)C1CCN(c2ncnc(Nc3nc(-c4cc(Cl)cc(C(F)(F)F)c4)c(CN4CCC[C@H]4CC)s3)c2F)C1. The van der Waals surface area contributed by atoms with Crippen molar-refractivity contribution in [3.8, 4) is 11.3 Å². The van der Waals surface area contributed by atoms with E-state index in [1.165, 1.54) is 23.7 Å². The lowest BCUT2D eigenvalue weighted by Gasteiger charge is -2.24. The summed E-state index contributed by atoms with van der Waals surface area (Å²) in [5.41, 5.74) is -0.256. The van der Waals surface area contributed by atoms with E-state index in [1.807, 2.05) is 11.9 Å². The van der Waals surface area contributed by atoms with E-state index in [1.54, 1.807) is 6.92 Å². The second kappa shape index (κ2) is 14.8. The molecule has 0 amide bonds. The predicted molar refractivity (Wildman–Crippen MR) is 171 cm³/mol. The van der Waals surface area contributed by atoms with Crippen LogP contribution in [0.2, 0.25) is 5.02 Å². The van der Waals surface area contributed by atoms with Crippen LogP contribution >= 0.6 is 22.9 Å². The number of aromatic nitrogens is 3. The molecule has 5 rings (SSSR count). The number of hydrogen-bond acceptors (Lipinski definition) is 10. The number of alkyl halides is 3. The first-order valence-electron chi connectivity index (χ1n) is 15.5. The smallest absolute Gasteiger partial charge is 0.416 e. The number of carbonyl (C=O) groups is 1. The summed E-state index contributed by atoms with van der Waals surface area (Å²) in [4.78, 5) is 31.7. The maximum atomic E-state index is 15.9. The molecule has 0 spiro atoms. The number of benzene rings is 1. The average Bonchev–Trinajstić information content (AvgIpc) is 3.77. The number of anilines is 3. The van der Waals surface area contributed by atoms with Gasteiger partial charge in [-0.3, -0.25) is 9.69 Å². The first-order valence-corrected chi connectivity index (χ1v) is 16.7. The van der Waals surface area contributed by atoms with E-state index in [9.17, 15) is 18.0 Å². The minimum atomic E-state index is -4.58. The van der Waals surface area contributed by atoms with Crippen LogP contribution in [0, 0.1) is 5.82 Å². The van der Waals surface area contributed by atoms with Gasteiger partial charge in [-0.1, -0.05) is 29.9 Å². The van der Waals surface area contributed by atoms with Crippen LogP contribution in [0.25, 0.3) is 11.3 Å². The van der Waals surface area contributed by atoms with Crippen LogP contribution < -0.4 is 10.2 Å². The minimum Gasteiger partial charge on any atom is -0.466 e. The Kier molecular flexibility index (Phi) is 11.0. The summed E-state index contributed by atoms with van der Waals surface area (Å²) in [6, 6.07) is 3.87. The van der Waals surface area contributed by atoms with Crippen molar-refractivity contribution < 1.29 is 27.1 Å². The van der Waals surface area contributed by atoms with Crippen molar-refractivity contribution >= 4 is 45.7 Å². The summed E-state index contributed by atoms with van der Waals surface area (Å²) in [7, 11) is 1.93. The van der Waals surface area contributed by atoms with Crippen molar-refractivity contribution in [2.24, 2.45) is 0 Å². The van der Waals surface area contributed by atoms with Gasteiger partial charge in [0.15, 0.2) is 16.8 Å². The van der Waals surface area contributed by atoms with E-state index >= 15 is 4.39 Å². The molecule has 2 aromatic heterocycles. The number of likely N-dealkylation sites (tertiary alicyclic amines) is 1. The van der Waals surface area contributed by atoms with Crippen molar-refractivity contribution in [1.29, 1.82) is 0 Å². The fourth-order valence-corrected chi connectivity index (χ4v) is 7.37. The Balaban J connectivity index is 1.38. The number of esters is 1. The highest BCUT2D eigenvalue weighted by atomic mass is 35.5. The number of ether oxygens (including phenoxy) is 1. The average molecular weight is 684 g/mol. The Bertz CT molecular complexity index is 1520. The van der Waals surface area contributed by atoms with Crippen LogP contribution in [0.5, 0.6) is 0 Å². The zero-order valence-corrected chi connectivity index (χ0v) is 27.6. The number of rotatable bonds is 12. The van der Waals surface area contributed by atoms with E-state index in [4.69, 9.17) is 16.3 Å². The van der Waals surface area contributed by atoms with E-state index in [0.29, 0.717) is 49.7 Å². The molecule has 1 unspecified atom stereocenters. The van der Waals surface area contributed by atoms with Gasteiger partial charge in [0, 0.05) is 53.7 Å². The Morgan fingerprint density at radius 3 is 2.74 bits per heavy atom. The maximum absolute atomic E-state index is 15.9. The Morgan fingerprint density at radius 1 is 1.20 bits per heavy atom. The molecule has 2 aliphatic rings. The molecule has 2 saturated heterocycles. The van der Waals surface area contributed by atoms with Crippen LogP contribution in [-0.2, 0) is 22.3 Å². The quantitative estimate of drug-likeness (QED) is 0.160. The fourth-order valence-electron chi connectivity index (χ4n) is 6.12. The number of likely N-dealkylation sites (N-methyl/N-ethyl adjacent to an activating group) is 1. The lowest BCUT2D eigenvalue weighted by molar-refractivity contribution is -0.143. The summed E-state index contributed by atoms with van der Waals surface area (Å²) < 4.78 is 62.0. The first-order chi connectivity index (χ1) is 22.0. The van der Waals surface area contributed by atoms with Gasteiger partial charge in [-0.05, 0) is 64.4 Å². The molecule has 2 atom stereocenters. The highest BCUT2D eigenvalue weighted by molar-refractivity contribution is 7.16. The second-order valence-electron chi connectivity index (χ2n) is 11.6. The topological polar surface area (TPSA) is 86.7 Å². The van der Waals surface area contributed by atoms with E-state index < -0.39 is 17.6 Å². The molecule has 1 aromatic carbocycles. The molecular weight excluding hydrogens is 646 g/mol. The van der Waals surface area contributed by atoms with Gasteiger partial charge in [0.1, 0.15) is 6.33 Å². The van der Waals surface area contributed by atoms with Crippen molar-refractivity contribution in [3.05, 3.63) is 45.8 Å². The summed E-state index contributed by atoms with van der Waals surface area (Å²) in [6.07, 6.45) is 0.791. The molecule has 250 valence electrons. The Hall–Kier alpha value is -3.07. The highest BCUT2D eigenvalue weighted by Crippen LogP contribution is 2.40. The second-order valence-corrected chi connectivity index (χ2v) is 13.1. The maximum Gasteiger partial charge on any atom is 0.416 e. The molecule has 0 saturated carbocycles. The van der Waals surface area contributed by atoms with Crippen LogP contribution in [0.3, 0.4) is 0 Å².